The van der Waals surface area contributed by atoms with E-state index in [2.05, 4.69) is 5.32 Å². The van der Waals surface area contributed by atoms with Crippen LogP contribution in [0.25, 0.3) is 0 Å². The number of anilines is 1. The molecule has 1 N–H and O–H groups in total. The molecule has 0 saturated carbocycles. The first-order chi connectivity index (χ1) is 8.57. The number of nitrogens with one attached hydrogen (secondary N) is 1. The fourth-order valence-corrected chi connectivity index (χ4v) is 2.17. The van der Waals surface area contributed by atoms with Crippen LogP contribution in [0.5, 0.6) is 0 Å². The van der Waals surface area contributed by atoms with E-state index >= 15 is 0 Å². The van der Waals surface area contributed by atoms with Gasteiger partial charge >= 0.3 is 0 Å². The van der Waals surface area contributed by atoms with Crippen molar-refractivity contribution < 1.29 is 14.0 Å². The average molecular weight is 271 g/mol. The lowest BCUT2D eigenvalue weighted by Crippen LogP contribution is -2.36. The highest BCUT2D eigenvalue weighted by atomic mass is 35.5. The van der Waals surface area contributed by atoms with Crippen LogP contribution < -0.4 is 10.2 Å². The molecule has 4 nitrogen and oxygen atoms in total. The van der Waals surface area contributed by atoms with Crippen LogP contribution in [0.3, 0.4) is 0 Å². The number of amides is 1. The van der Waals surface area contributed by atoms with Gasteiger partial charge in [-0.15, -0.1) is 0 Å². The minimum Gasteiger partial charge on any atom is -0.315 e. The van der Waals surface area contributed by atoms with E-state index in [0.717, 1.165) is 17.5 Å². The summed E-state index contributed by atoms with van der Waals surface area (Å²) in [6, 6.07) is 2.45. The summed E-state index contributed by atoms with van der Waals surface area (Å²) in [4.78, 5) is 24.7. The number of halogens is 2. The lowest BCUT2D eigenvalue weighted by molar-refractivity contribution is -0.114. The third-order valence-corrected chi connectivity index (χ3v) is 3.09. The van der Waals surface area contributed by atoms with Crippen LogP contribution in [0.2, 0.25) is 5.02 Å². The van der Waals surface area contributed by atoms with Crippen LogP contribution in [0.4, 0.5) is 10.1 Å². The molecule has 0 saturated heterocycles. The number of rotatable bonds is 4. The van der Waals surface area contributed by atoms with Gasteiger partial charge in [-0.05, 0) is 18.7 Å². The van der Waals surface area contributed by atoms with E-state index < -0.39 is 17.5 Å². The van der Waals surface area contributed by atoms with Gasteiger partial charge in [0.1, 0.15) is 5.82 Å². The van der Waals surface area contributed by atoms with Crippen molar-refractivity contribution in [2.24, 2.45) is 0 Å². The fraction of sp³-hybridized carbons (Fsp3) is 0.333. The number of Topliss-reactive ketones (excluding diaryl/α,β-unsaturated/α-hetero) is 1. The Bertz CT molecular complexity index is 519. The number of ketones is 1. The van der Waals surface area contributed by atoms with Crippen molar-refractivity contribution in [1.29, 1.82) is 0 Å². The van der Waals surface area contributed by atoms with Crippen molar-refractivity contribution in [3.8, 4) is 0 Å². The molecule has 6 heteroatoms. The van der Waals surface area contributed by atoms with Crippen LogP contribution in [-0.4, -0.2) is 31.3 Å². The lowest BCUT2D eigenvalue weighted by Gasteiger charge is -2.17. The fourth-order valence-electron chi connectivity index (χ4n) is 1.93. The summed E-state index contributed by atoms with van der Waals surface area (Å²) in [5, 5.41) is 3.12. The Morgan fingerprint density at radius 1 is 1.39 bits per heavy atom. The Balaban J connectivity index is 2.39. The summed E-state index contributed by atoms with van der Waals surface area (Å²) >= 11 is 5.85. The molecular formula is C12H12ClFN2O2. The van der Waals surface area contributed by atoms with E-state index in [1.54, 1.807) is 0 Å². The Hall–Kier alpha value is -1.46. The molecule has 0 aromatic heterocycles. The van der Waals surface area contributed by atoms with E-state index in [-0.39, 0.29) is 22.8 Å². The van der Waals surface area contributed by atoms with Crippen LogP contribution in [0, 0.1) is 5.82 Å². The normalized spacial score (nSPS) is 14.3. The SMILES string of the molecule is CCNCCN1C(=O)C(=O)c2c(Cl)ccc(F)c21. The Labute approximate surface area is 109 Å². The minimum atomic E-state index is -0.744. The van der Waals surface area contributed by atoms with Gasteiger partial charge in [-0.2, -0.15) is 0 Å². The van der Waals surface area contributed by atoms with Crippen molar-refractivity contribution in [2.75, 3.05) is 24.5 Å². The molecule has 96 valence electrons. The molecule has 0 fully saturated rings. The minimum absolute atomic E-state index is 0.00426. The molecule has 1 aliphatic rings. The molecule has 1 heterocycles. The van der Waals surface area contributed by atoms with Gasteiger partial charge < -0.3 is 10.2 Å². The van der Waals surface area contributed by atoms with Crippen LogP contribution >= 0.6 is 11.6 Å². The number of hydrogen-bond donors (Lipinski definition) is 1. The monoisotopic (exact) mass is 270 g/mol. The van der Waals surface area contributed by atoms with Gasteiger partial charge in [-0.3, -0.25) is 9.59 Å². The first kappa shape index (κ1) is 13.0. The lowest BCUT2D eigenvalue weighted by atomic mass is 10.1. The van der Waals surface area contributed by atoms with Crippen LogP contribution in [-0.2, 0) is 4.79 Å². The Morgan fingerprint density at radius 3 is 2.78 bits per heavy atom. The highest BCUT2D eigenvalue weighted by Gasteiger charge is 2.39. The van der Waals surface area contributed by atoms with Gasteiger partial charge in [0, 0.05) is 13.1 Å². The maximum atomic E-state index is 13.8. The van der Waals surface area contributed by atoms with Gasteiger partial charge in [-0.1, -0.05) is 18.5 Å². The molecule has 0 bridgehead atoms. The Morgan fingerprint density at radius 2 is 2.11 bits per heavy atom. The molecule has 0 radical (unpaired) electrons. The number of benzene rings is 1. The molecule has 0 atom stereocenters. The van der Waals surface area contributed by atoms with E-state index in [0.29, 0.717) is 6.54 Å². The van der Waals surface area contributed by atoms with E-state index in [4.69, 9.17) is 11.6 Å². The summed E-state index contributed by atoms with van der Waals surface area (Å²) in [7, 11) is 0. The zero-order chi connectivity index (χ0) is 13.3. The smallest absolute Gasteiger partial charge is 0.299 e. The first-order valence-electron chi connectivity index (χ1n) is 5.62. The average Bonchev–Trinajstić information content (AvgIpc) is 2.60. The number of fused-ring (bicyclic) bond motifs is 1. The Kier molecular flexibility index (Phi) is 3.63. The summed E-state index contributed by atoms with van der Waals surface area (Å²) in [6.07, 6.45) is 0. The van der Waals surface area contributed by atoms with Crippen molar-refractivity contribution >= 4 is 29.0 Å². The summed E-state index contributed by atoms with van der Waals surface area (Å²) in [5.74, 6) is -2.08. The highest BCUT2D eigenvalue weighted by molar-refractivity contribution is 6.55. The summed E-state index contributed by atoms with van der Waals surface area (Å²) in [6.45, 7) is 3.38. The third kappa shape index (κ3) is 2.00. The molecule has 1 aromatic rings. The quantitative estimate of drug-likeness (QED) is 0.668. The second-order valence-corrected chi connectivity index (χ2v) is 4.30. The topological polar surface area (TPSA) is 49.4 Å². The van der Waals surface area contributed by atoms with Gasteiger partial charge in [0.15, 0.2) is 0 Å². The number of carbonyl (C=O) groups excluding carboxylic acids is 2. The molecule has 18 heavy (non-hydrogen) atoms. The molecule has 2 rings (SSSR count). The van der Waals surface area contributed by atoms with E-state index in [1.807, 2.05) is 6.92 Å². The molecular weight excluding hydrogens is 259 g/mol. The van der Waals surface area contributed by atoms with E-state index in [9.17, 15) is 14.0 Å². The van der Waals surface area contributed by atoms with Gasteiger partial charge in [0.2, 0.25) is 0 Å². The van der Waals surface area contributed by atoms with Crippen molar-refractivity contribution in [1.82, 2.24) is 5.32 Å². The predicted octanol–water partition coefficient (Wildman–Crippen LogP) is 1.62. The standard InChI is InChI=1S/C12H12ClFN2O2/c1-2-15-5-6-16-10-8(14)4-3-7(13)9(10)11(17)12(16)18/h3-4,15H,2,5-6H2,1H3. The summed E-state index contributed by atoms with van der Waals surface area (Å²) in [5.41, 5.74) is -0.0337. The van der Waals surface area contributed by atoms with Crippen molar-refractivity contribution in [3.05, 3.63) is 28.5 Å². The third-order valence-electron chi connectivity index (χ3n) is 2.78. The van der Waals surface area contributed by atoms with Crippen molar-refractivity contribution in [2.45, 2.75) is 6.92 Å². The number of likely N-dealkylation sites (N-methyl/N-ethyl adjacent to an activating group) is 1. The first-order valence-corrected chi connectivity index (χ1v) is 6.00. The zero-order valence-corrected chi connectivity index (χ0v) is 10.6. The molecule has 0 unspecified atom stereocenters. The maximum Gasteiger partial charge on any atom is 0.299 e. The van der Waals surface area contributed by atoms with Crippen LogP contribution in [0.15, 0.2) is 12.1 Å². The predicted molar refractivity (Wildman–Crippen MR) is 66.6 cm³/mol. The van der Waals surface area contributed by atoms with E-state index in [1.165, 1.54) is 6.07 Å². The number of carbonyl (C=O) groups is 2. The maximum absolute atomic E-state index is 13.8. The van der Waals surface area contributed by atoms with Gasteiger partial charge in [-0.25, -0.2) is 4.39 Å². The molecule has 0 spiro atoms. The molecule has 0 aliphatic carbocycles. The summed E-state index contributed by atoms with van der Waals surface area (Å²) < 4.78 is 13.8. The van der Waals surface area contributed by atoms with Gasteiger partial charge in [0.05, 0.1) is 16.3 Å². The zero-order valence-electron chi connectivity index (χ0n) is 9.80. The van der Waals surface area contributed by atoms with Crippen molar-refractivity contribution in [3.63, 3.8) is 0 Å². The van der Waals surface area contributed by atoms with Crippen LogP contribution in [0.1, 0.15) is 17.3 Å². The molecule has 1 amide bonds. The second kappa shape index (κ2) is 5.04. The molecule has 1 aromatic carbocycles. The number of hydrogen-bond acceptors (Lipinski definition) is 3. The molecule has 1 aliphatic heterocycles. The van der Waals surface area contributed by atoms with Gasteiger partial charge in [0.25, 0.3) is 11.7 Å². The highest BCUT2D eigenvalue weighted by Crippen LogP contribution is 2.36. The second-order valence-electron chi connectivity index (χ2n) is 3.89. The number of nitrogens with zero attached hydrogens (tertiary/aromatic N) is 1. The largest absolute Gasteiger partial charge is 0.315 e.